The second-order valence-electron chi connectivity index (χ2n) is 3.84. The van der Waals surface area contributed by atoms with Crippen molar-refractivity contribution >= 4 is 16.7 Å². The van der Waals surface area contributed by atoms with Crippen molar-refractivity contribution in [2.24, 2.45) is 0 Å². The Kier molecular flexibility index (Phi) is 2.08. The molecule has 0 aliphatic heterocycles. The lowest BCUT2D eigenvalue weighted by Gasteiger charge is -1.99. The Morgan fingerprint density at radius 2 is 1.94 bits per heavy atom. The minimum Gasteiger partial charge on any atom is -0.396 e. The van der Waals surface area contributed by atoms with Crippen LogP contribution >= 0.6 is 0 Å². The van der Waals surface area contributed by atoms with E-state index in [2.05, 4.69) is 9.97 Å². The molecule has 0 bridgehead atoms. The predicted octanol–water partition coefficient (Wildman–Crippen LogP) is 2.95. The van der Waals surface area contributed by atoms with Gasteiger partial charge < -0.3 is 10.7 Å². The molecule has 0 fully saturated rings. The zero-order valence-electron chi connectivity index (χ0n) is 8.94. The number of nitrogens with one attached hydrogen (secondary N) is 1. The van der Waals surface area contributed by atoms with Crippen LogP contribution in [0.15, 0.2) is 42.5 Å². The number of rotatable bonds is 1. The molecule has 84 valence electrons. The molecule has 4 heteroatoms. The number of halogens is 1. The first-order chi connectivity index (χ1) is 8.24. The summed E-state index contributed by atoms with van der Waals surface area (Å²) in [4.78, 5) is 7.53. The number of para-hydroxylation sites is 2. The number of anilines is 1. The summed E-state index contributed by atoms with van der Waals surface area (Å²) in [5, 5.41) is 0. The van der Waals surface area contributed by atoms with Crippen LogP contribution in [0.3, 0.4) is 0 Å². The molecule has 3 N–H and O–H groups in total. The van der Waals surface area contributed by atoms with Gasteiger partial charge in [-0.2, -0.15) is 0 Å². The molecular weight excluding hydrogens is 217 g/mol. The van der Waals surface area contributed by atoms with E-state index < -0.39 is 5.82 Å². The van der Waals surface area contributed by atoms with E-state index in [1.165, 1.54) is 12.1 Å². The van der Waals surface area contributed by atoms with Gasteiger partial charge in [-0.15, -0.1) is 0 Å². The van der Waals surface area contributed by atoms with E-state index in [0.717, 1.165) is 11.0 Å². The van der Waals surface area contributed by atoms with Gasteiger partial charge in [0.05, 0.1) is 16.7 Å². The van der Waals surface area contributed by atoms with Crippen LogP contribution in [0.2, 0.25) is 0 Å². The number of nitrogens with two attached hydrogens (primary N) is 1. The zero-order chi connectivity index (χ0) is 11.8. The number of hydrogen-bond acceptors (Lipinski definition) is 2. The van der Waals surface area contributed by atoms with Gasteiger partial charge in [0.1, 0.15) is 11.6 Å². The first-order valence-electron chi connectivity index (χ1n) is 5.24. The van der Waals surface area contributed by atoms with Crippen LogP contribution in [0.25, 0.3) is 22.4 Å². The molecule has 0 saturated carbocycles. The third-order valence-electron chi connectivity index (χ3n) is 2.66. The number of H-pyrrole nitrogens is 1. The van der Waals surface area contributed by atoms with Crippen LogP contribution in [0.4, 0.5) is 10.1 Å². The van der Waals surface area contributed by atoms with E-state index in [0.29, 0.717) is 11.4 Å². The van der Waals surface area contributed by atoms with Gasteiger partial charge in [-0.3, -0.25) is 0 Å². The fraction of sp³-hybridized carbons (Fsp3) is 0. The number of nitrogens with zero attached hydrogens (tertiary/aromatic N) is 1. The van der Waals surface area contributed by atoms with Gasteiger partial charge in [0, 0.05) is 5.56 Å². The summed E-state index contributed by atoms with van der Waals surface area (Å²) in [6.45, 7) is 0. The van der Waals surface area contributed by atoms with Crippen LogP contribution in [-0.4, -0.2) is 9.97 Å². The van der Waals surface area contributed by atoms with E-state index in [9.17, 15) is 4.39 Å². The minimum absolute atomic E-state index is 0.143. The van der Waals surface area contributed by atoms with Crippen molar-refractivity contribution in [3.05, 3.63) is 48.3 Å². The molecule has 3 nitrogen and oxygen atoms in total. The fourth-order valence-corrected chi connectivity index (χ4v) is 1.76. The third kappa shape index (κ3) is 1.63. The Morgan fingerprint density at radius 3 is 2.71 bits per heavy atom. The molecule has 0 radical (unpaired) electrons. The predicted molar refractivity (Wildman–Crippen MR) is 65.9 cm³/mol. The number of aromatic amines is 1. The quantitative estimate of drug-likeness (QED) is 0.628. The van der Waals surface area contributed by atoms with Crippen molar-refractivity contribution in [2.75, 3.05) is 5.73 Å². The fourth-order valence-electron chi connectivity index (χ4n) is 1.76. The van der Waals surface area contributed by atoms with Gasteiger partial charge in [-0.1, -0.05) is 12.1 Å². The van der Waals surface area contributed by atoms with E-state index in [4.69, 9.17) is 5.73 Å². The monoisotopic (exact) mass is 227 g/mol. The summed E-state index contributed by atoms with van der Waals surface area (Å²) in [7, 11) is 0. The molecule has 3 rings (SSSR count). The summed E-state index contributed by atoms with van der Waals surface area (Å²) in [6.07, 6.45) is 0. The number of imidazole rings is 1. The maximum atomic E-state index is 13.4. The highest BCUT2D eigenvalue weighted by Crippen LogP contribution is 2.22. The van der Waals surface area contributed by atoms with Crippen LogP contribution in [0, 0.1) is 5.82 Å². The van der Waals surface area contributed by atoms with Crippen LogP contribution in [0.1, 0.15) is 0 Å². The summed E-state index contributed by atoms with van der Waals surface area (Å²) in [6, 6.07) is 12.3. The summed E-state index contributed by atoms with van der Waals surface area (Å²) >= 11 is 0. The summed E-state index contributed by atoms with van der Waals surface area (Å²) in [5.41, 5.74) is 8.06. The second-order valence-corrected chi connectivity index (χ2v) is 3.84. The average molecular weight is 227 g/mol. The molecule has 0 spiro atoms. The SMILES string of the molecule is Nc1ccc(-c2nc3ccccc3[nH]2)cc1F. The number of hydrogen-bond donors (Lipinski definition) is 2. The maximum absolute atomic E-state index is 13.4. The topological polar surface area (TPSA) is 54.7 Å². The van der Waals surface area contributed by atoms with Crippen molar-refractivity contribution < 1.29 is 4.39 Å². The van der Waals surface area contributed by atoms with Crippen LogP contribution in [-0.2, 0) is 0 Å². The number of aromatic nitrogens is 2. The highest BCUT2D eigenvalue weighted by molar-refractivity contribution is 5.79. The largest absolute Gasteiger partial charge is 0.396 e. The molecule has 0 aliphatic rings. The molecule has 3 aromatic rings. The Hall–Kier alpha value is -2.36. The lowest BCUT2D eigenvalue weighted by Crippen LogP contribution is -1.91. The number of fused-ring (bicyclic) bond motifs is 1. The minimum atomic E-state index is -0.428. The summed E-state index contributed by atoms with van der Waals surface area (Å²) in [5.74, 6) is 0.216. The number of benzene rings is 2. The van der Waals surface area contributed by atoms with Crippen molar-refractivity contribution in [1.82, 2.24) is 9.97 Å². The Labute approximate surface area is 97.1 Å². The van der Waals surface area contributed by atoms with Gasteiger partial charge in [0.25, 0.3) is 0 Å². The van der Waals surface area contributed by atoms with E-state index in [1.54, 1.807) is 6.07 Å². The first kappa shape index (κ1) is 9.84. The molecule has 0 saturated heterocycles. The Bertz CT molecular complexity index is 655. The molecule has 1 heterocycles. The molecular formula is C13H10FN3. The Morgan fingerprint density at radius 1 is 1.12 bits per heavy atom. The Balaban J connectivity index is 2.17. The van der Waals surface area contributed by atoms with E-state index >= 15 is 0 Å². The van der Waals surface area contributed by atoms with Crippen molar-refractivity contribution in [2.45, 2.75) is 0 Å². The van der Waals surface area contributed by atoms with Crippen molar-refractivity contribution in [1.29, 1.82) is 0 Å². The molecule has 0 unspecified atom stereocenters. The van der Waals surface area contributed by atoms with Gasteiger partial charge >= 0.3 is 0 Å². The van der Waals surface area contributed by atoms with Crippen molar-refractivity contribution in [3.63, 3.8) is 0 Å². The average Bonchev–Trinajstić information content (AvgIpc) is 2.76. The first-order valence-corrected chi connectivity index (χ1v) is 5.24. The third-order valence-corrected chi connectivity index (χ3v) is 2.66. The highest BCUT2D eigenvalue weighted by atomic mass is 19.1. The van der Waals surface area contributed by atoms with Gasteiger partial charge in [0.2, 0.25) is 0 Å². The highest BCUT2D eigenvalue weighted by Gasteiger charge is 2.06. The normalized spacial score (nSPS) is 10.9. The van der Waals surface area contributed by atoms with Crippen LogP contribution < -0.4 is 5.73 Å². The molecule has 0 aliphatic carbocycles. The zero-order valence-corrected chi connectivity index (χ0v) is 8.94. The second kappa shape index (κ2) is 3.59. The lowest BCUT2D eigenvalue weighted by atomic mass is 10.2. The molecule has 17 heavy (non-hydrogen) atoms. The van der Waals surface area contributed by atoms with E-state index in [-0.39, 0.29) is 5.69 Å². The van der Waals surface area contributed by atoms with Gasteiger partial charge in [-0.25, -0.2) is 9.37 Å². The van der Waals surface area contributed by atoms with Gasteiger partial charge in [0.15, 0.2) is 0 Å². The molecule has 0 amide bonds. The maximum Gasteiger partial charge on any atom is 0.146 e. The van der Waals surface area contributed by atoms with Crippen LogP contribution in [0.5, 0.6) is 0 Å². The molecule has 1 aromatic heterocycles. The standard InChI is InChI=1S/C13H10FN3/c14-9-7-8(5-6-10(9)15)13-16-11-3-1-2-4-12(11)17-13/h1-7H,15H2,(H,16,17). The lowest BCUT2D eigenvalue weighted by molar-refractivity contribution is 0.633. The molecule has 0 atom stereocenters. The number of nitrogen functional groups attached to an aromatic ring is 1. The summed E-state index contributed by atoms with van der Waals surface area (Å²) < 4.78 is 13.4. The van der Waals surface area contributed by atoms with E-state index in [1.807, 2.05) is 24.3 Å². The van der Waals surface area contributed by atoms with Crippen molar-refractivity contribution in [3.8, 4) is 11.4 Å². The smallest absolute Gasteiger partial charge is 0.146 e. The molecule has 2 aromatic carbocycles. The van der Waals surface area contributed by atoms with Gasteiger partial charge in [-0.05, 0) is 30.3 Å².